The molecule has 3 rings (SSSR count). The number of amides is 2. The van der Waals surface area contributed by atoms with E-state index in [1.807, 2.05) is 41.2 Å². The number of methoxy groups -OCH3 is 1. The summed E-state index contributed by atoms with van der Waals surface area (Å²) in [5.41, 5.74) is 0.590. The van der Waals surface area contributed by atoms with Crippen LogP contribution >= 0.6 is 11.8 Å². The first-order chi connectivity index (χ1) is 12.0. The van der Waals surface area contributed by atoms with Gasteiger partial charge in [-0.05, 0) is 44.2 Å². The monoisotopic (exact) mass is 364 g/mol. The van der Waals surface area contributed by atoms with Crippen molar-refractivity contribution in [1.82, 2.24) is 9.80 Å². The minimum Gasteiger partial charge on any atom is -0.496 e. The Hall–Kier alpha value is -1.89. The number of carbonyl (C=O) groups excluding carboxylic acids is 2. The lowest BCUT2D eigenvalue weighted by atomic mass is 10.0. The number of cyclic esters (lactones) is 1. The fourth-order valence-electron chi connectivity index (χ4n) is 3.53. The second-order valence-electron chi connectivity index (χ2n) is 6.42. The SMILES string of the molecule is COc1cc(SC)ccc1C(=O)N1CCC(N2C(=O)OCC2C)CC1. The van der Waals surface area contributed by atoms with Gasteiger partial charge in [-0.15, -0.1) is 11.8 Å². The Morgan fingerprint density at radius 3 is 2.60 bits per heavy atom. The van der Waals surface area contributed by atoms with Gasteiger partial charge < -0.3 is 14.4 Å². The summed E-state index contributed by atoms with van der Waals surface area (Å²) in [6.45, 7) is 3.72. The van der Waals surface area contributed by atoms with Crippen LogP contribution in [0.1, 0.15) is 30.1 Å². The number of benzene rings is 1. The lowest BCUT2D eigenvalue weighted by molar-refractivity contribution is 0.0638. The van der Waals surface area contributed by atoms with E-state index < -0.39 is 0 Å². The summed E-state index contributed by atoms with van der Waals surface area (Å²) >= 11 is 1.61. The van der Waals surface area contributed by atoms with Gasteiger partial charge in [0.25, 0.3) is 5.91 Å². The molecule has 1 unspecified atom stereocenters. The molecule has 2 aliphatic rings. The van der Waals surface area contributed by atoms with Crippen molar-refractivity contribution in [2.75, 3.05) is 33.1 Å². The molecule has 0 aromatic heterocycles. The van der Waals surface area contributed by atoms with Crippen molar-refractivity contribution in [3.05, 3.63) is 23.8 Å². The maximum Gasteiger partial charge on any atom is 0.410 e. The average molecular weight is 364 g/mol. The molecule has 136 valence electrons. The normalized spacial score (nSPS) is 21.4. The van der Waals surface area contributed by atoms with Crippen molar-refractivity contribution in [3.8, 4) is 5.75 Å². The molecule has 0 spiro atoms. The molecule has 1 atom stereocenters. The zero-order valence-corrected chi connectivity index (χ0v) is 15.7. The first kappa shape index (κ1) is 17.9. The van der Waals surface area contributed by atoms with Crippen molar-refractivity contribution in [3.63, 3.8) is 0 Å². The molecule has 7 heteroatoms. The highest BCUT2D eigenvalue weighted by atomic mass is 32.2. The van der Waals surface area contributed by atoms with Crippen LogP contribution in [-0.4, -0.2) is 66.9 Å². The summed E-state index contributed by atoms with van der Waals surface area (Å²) in [6.07, 6.45) is 3.31. The third-order valence-electron chi connectivity index (χ3n) is 4.92. The second-order valence-corrected chi connectivity index (χ2v) is 7.30. The molecule has 2 amide bonds. The molecule has 0 bridgehead atoms. The molecule has 2 aliphatic heterocycles. The zero-order chi connectivity index (χ0) is 18.0. The number of rotatable bonds is 4. The van der Waals surface area contributed by atoms with Crippen LogP contribution in [0.15, 0.2) is 23.1 Å². The molecule has 1 aromatic rings. The van der Waals surface area contributed by atoms with Gasteiger partial charge in [0.1, 0.15) is 12.4 Å². The van der Waals surface area contributed by atoms with Gasteiger partial charge in [-0.1, -0.05) is 0 Å². The van der Waals surface area contributed by atoms with Crippen LogP contribution < -0.4 is 4.74 Å². The van der Waals surface area contributed by atoms with Crippen LogP contribution in [0.5, 0.6) is 5.75 Å². The van der Waals surface area contributed by atoms with Gasteiger partial charge in [0, 0.05) is 24.0 Å². The van der Waals surface area contributed by atoms with Crippen molar-refractivity contribution in [2.45, 2.75) is 36.7 Å². The van der Waals surface area contributed by atoms with Crippen molar-refractivity contribution >= 4 is 23.8 Å². The Balaban J connectivity index is 1.67. The van der Waals surface area contributed by atoms with E-state index in [4.69, 9.17) is 9.47 Å². The molecule has 6 nitrogen and oxygen atoms in total. The third kappa shape index (κ3) is 3.56. The van der Waals surface area contributed by atoms with E-state index in [-0.39, 0.29) is 24.1 Å². The molecule has 0 aliphatic carbocycles. The molecule has 0 N–H and O–H groups in total. The molecule has 25 heavy (non-hydrogen) atoms. The van der Waals surface area contributed by atoms with E-state index in [9.17, 15) is 9.59 Å². The van der Waals surface area contributed by atoms with Gasteiger partial charge in [-0.3, -0.25) is 9.69 Å². The number of nitrogens with zero attached hydrogens (tertiary/aromatic N) is 2. The fraction of sp³-hybridized carbons (Fsp3) is 0.556. The topological polar surface area (TPSA) is 59.1 Å². The Kier molecular flexibility index (Phi) is 5.42. The van der Waals surface area contributed by atoms with Crippen LogP contribution in [-0.2, 0) is 4.74 Å². The molecule has 2 saturated heterocycles. The van der Waals surface area contributed by atoms with E-state index >= 15 is 0 Å². The van der Waals surface area contributed by atoms with E-state index in [1.165, 1.54) is 0 Å². The van der Waals surface area contributed by atoms with Crippen LogP contribution in [0.4, 0.5) is 4.79 Å². The van der Waals surface area contributed by atoms with Crippen molar-refractivity contribution in [1.29, 1.82) is 0 Å². The number of carbonyl (C=O) groups is 2. The zero-order valence-electron chi connectivity index (χ0n) is 14.9. The maximum absolute atomic E-state index is 12.9. The Labute approximate surface area is 152 Å². The van der Waals surface area contributed by atoms with Gasteiger partial charge in [0.15, 0.2) is 0 Å². The predicted octanol–water partition coefficient (Wildman–Crippen LogP) is 2.86. The number of thioether (sulfide) groups is 1. The highest BCUT2D eigenvalue weighted by molar-refractivity contribution is 7.98. The van der Waals surface area contributed by atoms with E-state index in [1.54, 1.807) is 18.9 Å². The molecule has 0 radical (unpaired) electrons. The minimum absolute atomic E-state index is 0.0139. The quantitative estimate of drug-likeness (QED) is 0.769. The summed E-state index contributed by atoms with van der Waals surface area (Å²) in [6, 6.07) is 5.93. The molecule has 2 heterocycles. The van der Waals surface area contributed by atoms with Crippen LogP contribution in [0, 0.1) is 0 Å². The largest absolute Gasteiger partial charge is 0.496 e. The summed E-state index contributed by atoms with van der Waals surface area (Å²) in [4.78, 5) is 29.5. The van der Waals surface area contributed by atoms with Crippen LogP contribution in [0.2, 0.25) is 0 Å². The Morgan fingerprint density at radius 2 is 2.04 bits per heavy atom. The smallest absolute Gasteiger partial charge is 0.410 e. The Morgan fingerprint density at radius 1 is 1.32 bits per heavy atom. The first-order valence-electron chi connectivity index (χ1n) is 8.51. The molecule has 2 fully saturated rings. The van der Waals surface area contributed by atoms with Crippen molar-refractivity contribution < 1.29 is 19.1 Å². The van der Waals surface area contributed by atoms with Crippen LogP contribution in [0.3, 0.4) is 0 Å². The van der Waals surface area contributed by atoms with E-state index in [2.05, 4.69) is 0 Å². The lowest BCUT2D eigenvalue weighted by Crippen LogP contribution is -2.49. The number of ether oxygens (including phenoxy) is 2. The van der Waals surface area contributed by atoms with E-state index in [0.29, 0.717) is 31.0 Å². The predicted molar refractivity (Wildman–Crippen MR) is 96.3 cm³/mol. The van der Waals surface area contributed by atoms with Gasteiger partial charge in [0.05, 0.1) is 18.7 Å². The highest BCUT2D eigenvalue weighted by Crippen LogP contribution is 2.29. The summed E-state index contributed by atoms with van der Waals surface area (Å²) < 4.78 is 10.5. The maximum atomic E-state index is 12.9. The molecule has 1 aromatic carbocycles. The van der Waals surface area contributed by atoms with Crippen LogP contribution in [0.25, 0.3) is 0 Å². The number of hydrogen-bond acceptors (Lipinski definition) is 5. The second kappa shape index (κ2) is 7.56. The highest BCUT2D eigenvalue weighted by Gasteiger charge is 2.37. The summed E-state index contributed by atoms with van der Waals surface area (Å²) in [5.74, 6) is 0.593. The Bertz CT molecular complexity index is 658. The fourth-order valence-corrected chi connectivity index (χ4v) is 3.96. The van der Waals surface area contributed by atoms with Gasteiger partial charge in [0.2, 0.25) is 0 Å². The summed E-state index contributed by atoms with van der Waals surface area (Å²) in [7, 11) is 1.59. The first-order valence-corrected chi connectivity index (χ1v) is 9.74. The summed E-state index contributed by atoms with van der Waals surface area (Å²) in [5, 5.41) is 0. The average Bonchev–Trinajstić information content (AvgIpc) is 2.99. The standard InChI is InChI=1S/C18H24N2O4S/c1-12-11-24-18(22)20(12)13-6-8-19(9-7-13)17(21)15-5-4-14(25-3)10-16(15)23-2/h4-5,10,12-13H,6-9,11H2,1-3H3. The molecular formula is C18H24N2O4S. The number of likely N-dealkylation sites (tertiary alicyclic amines) is 1. The molecular weight excluding hydrogens is 340 g/mol. The van der Waals surface area contributed by atoms with Gasteiger partial charge in [-0.2, -0.15) is 0 Å². The third-order valence-corrected chi connectivity index (χ3v) is 5.64. The van der Waals surface area contributed by atoms with E-state index in [0.717, 1.165) is 17.7 Å². The molecule has 0 saturated carbocycles. The number of hydrogen-bond donors (Lipinski definition) is 0. The van der Waals surface area contributed by atoms with Gasteiger partial charge >= 0.3 is 6.09 Å². The lowest BCUT2D eigenvalue weighted by Gasteiger charge is -2.37. The minimum atomic E-state index is -0.230. The van der Waals surface area contributed by atoms with Crippen molar-refractivity contribution in [2.24, 2.45) is 0 Å². The number of piperidine rings is 1. The van der Waals surface area contributed by atoms with Gasteiger partial charge in [-0.25, -0.2) is 4.79 Å².